The van der Waals surface area contributed by atoms with Crippen LogP contribution < -0.4 is 14.8 Å². The van der Waals surface area contributed by atoms with Crippen molar-refractivity contribution >= 4 is 32.4 Å². The molecule has 0 atom stereocenters. The van der Waals surface area contributed by atoms with Gasteiger partial charge in [0.25, 0.3) is 5.91 Å². The van der Waals surface area contributed by atoms with Crippen molar-refractivity contribution in [1.82, 2.24) is 14.7 Å². The average Bonchev–Trinajstić information content (AvgIpc) is 3.40. The molecule has 32 heavy (non-hydrogen) atoms. The number of amides is 1. The van der Waals surface area contributed by atoms with E-state index in [0.717, 1.165) is 43.5 Å². The first-order valence-corrected chi connectivity index (χ1v) is 10.9. The van der Waals surface area contributed by atoms with Gasteiger partial charge in [0.2, 0.25) is 0 Å². The van der Waals surface area contributed by atoms with E-state index in [1.165, 1.54) is 0 Å². The molecule has 2 heterocycles. The molecule has 3 aromatic carbocycles. The molecule has 0 unspecified atom stereocenters. The number of fused-ring (bicyclic) bond motifs is 3. The number of carbonyl (C=O) groups excluding carboxylic acids is 1. The van der Waals surface area contributed by atoms with Crippen LogP contribution in [-0.4, -0.2) is 29.5 Å². The Morgan fingerprint density at radius 3 is 2.62 bits per heavy atom. The van der Waals surface area contributed by atoms with Crippen molar-refractivity contribution in [2.75, 3.05) is 14.2 Å². The van der Waals surface area contributed by atoms with E-state index in [9.17, 15) is 4.79 Å². The van der Waals surface area contributed by atoms with E-state index in [2.05, 4.69) is 9.72 Å². The van der Waals surface area contributed by atoms with Crippen molar-refractivity contribution in [3.63, 3.8) is 0 Å². The van der Waals surface area contributed by atoms with Gasteiger partial charge in [0.1, 0.15) is 11.5 Å². The van der Waals surface area contributed by atoms with Crippen LogP contribution in [0.2, 0.25) is 0 Å². The number of imidazole rings is 1. The van der Waals surface area contributed by atoms with Gasteiger partial charge in [-0.1, -0.05) is 29.5 Å². The maximum atomic E-state index is 12.7. The number of carbonyl (C=O) groups is 1. The van der Waals surface area contributed by atoms with Crippen molar-refractivity contribution in [2.24, 2.45) is 0 Å². The van der Waals surface area contributed by atoms with Gasteiger partial charge >= 0.3 is 0 Å². The lowest BCUT2D eigenvalue weighted by Crippen LogP contribution is -2.22. The molecule has 2 aromatic heterocycles. The Hall–Kier alpha value is -3.84. The van der Waals surface area contributed by atoms with Crippen LogP contribution in [-0.2, 0) is 6.54 Å². The van der Waals surface area contributed by atoms with Crippen LogP contribution in [0.25, 0.3) is 26.4 Å². The molecule has 7 heteroatoms. The zero-order valence-corrected chi connectivity index (χ0v) is 18.5. The molecule has 0 saturated carbocycles. The second-order valence-electron chi connectivity index (χ2n) is 7.29. The first-order chi connectivity index (χ1) is 15.7. The number of hydrogen-bond donors (Lipinski definition) is 1. The van der Waals surface area contributed by atoms with E-state index < -0.39 is 0 Å². The Bertz CT molecular complexity index is 1420. The van der Waals surface area contributed by atoms with E-state index in [4.69, 9.17) is 14.5 Å². The summed E-state index contributed by atoms with van der Waals surface area (Å²) < 4.78 is 13.7. The Morgan fingerprint density at radius 2 is 1.84 bits per heavy atom. The summed E-state index contributed by atoms with van der Waals surface area (Å²) in [6.45, 7) is 0.403. The van der Waals surface area contributed by atoms with Crippen LogP contribution in [0.5, 0.6) is 11.5 Å². The highest BCUT2D eigenvalue weighted by Gasteiger charge is 2.13. The summed E-state index contributed by atoms with van der Waals surface area (Å²) in [6.07, 6.45) is 2.03. The Kier molecular flexibility index (Phi) is 5.25. The molecule has 0 fully saturated rings. The average molecular weight is 444 g/mol. The van der Waals surface area contributed by atoms with Crippen molar-refractivity contribution < 1.29 is 14.3 Å². The zero-order valence-electron chi connectivity index (χ0n) is 17.7. The number of nitrogens with zero attached hydrogens (tertiary/aromatic N) is 2. The van der Waals surface area contributed by atoms with E-state index in [-0.39, 0.29) is 5.91 Å². The van der Waals surface area contributed by atoms with Gasteiger partial charge in [-0.25, -0.2) is 4.98 Å². The Labute approximate surface area is 189 Å². The first kappa shape index (κ1) is 20.1. The summed E-state index contributed by atoms with van der Waals surface area (Å²) in [6, 6.07) is 21.2. The minimum absolute atomic E-state index is 0.122. The van der Waals surface area contributed by atoms with Crippen molar-refractivity contribution in [2.45, 2.75) is 6.54 Å². The van der Waals surface area contributed by atoms with Gasteiger partial charge in [0, 0.05) is 29.4 Å². The van der Waals surface area contributed by atoms with E-state index in [1.807, 2.05) is 72.9 Å². The Balaban J connectivity index is 1.38. The second kappa shape index (κ2) is 8.36. The quantitative estimate of drug-likeness (QED) is 0.394. The van der Waals surface area contributed by atoms with Crippen LogP contribution in [0, 0.1) is 0 Å². The smallest absolute Gasteiger partial charge is 0.251 e. The standard InChI is InChI=1S/C25H21N3O3S/c1-30-19-10-7-16(8-11-19)20-15-28-21-12-9-17(13-23(21)32-25(28)27-20)24(29)26-14-18-5-3-4-6-22(18)31-2/h3-13,15H,14H2,1-2H3,(H,26,29). The van der Waals surface area contributed by atoms with Gasteiger partial charge in [0.05, 0.1) is 30.1 Å². The van der Waals surface area contributed by atoms with Gasteiger partial charge in [-0.3, -0.25) is 9.20 Å². The number of aromatic nitrogens is 2. The molecule has 0 aliphatic rings. The SMILES string of the molecule is COc1ccc(-c2cn3c(n2)sc2cc(C(=O)NCc4ccccc4OC)ccc23)cc1. The van der Waals surface area contributed by atoms with Crippen LogP contribution in [0.4, 0.5) is 0 Å². The number of para-hydroxylation sites is 1. The summed E-state index contributed by atoms with van der Waals surface area (Å²) in [5, 5.41) is 2.98. The van der Waals surface area contributed by atoms with Gasteiger partial charge in [0.15, 0.2) is 4.96 Å². The predicted octanol–water partition coefficient (Wildman–Crippen LogP) is 5.16. The molecule has 0 radical (unpaired) electrons. The van der Waals surface area contributed by atoms with E-state index in [1.54, 1.807) is 25.6 Å². The Morgan fingerprint density at radius 1 is 1.03 bits per heavy atom. The molecule has 1 N–H and O–H groups in total. The van der Waals surface area contributed by atoms with Gasteiger partial charge in [-0.05, 0) is 48.5 Å². The minimum atomic E-state index is -0.122. The molecule has 0 aliphatic carbocycles. The van der Waals surface area contributed by atoms with Crippen LogP contribution in [0.1, 0.15) is 15.9 Å². The van der Waals surface area contributed by atoms with Crippen molar-refractivity contribution in [1.29, 1.82) is 0 Å². The van der Waals surface area contributed by atoms with Crippen molar-refractivity contribution in [3.05, 3.63) is 84.1 Å². The van der Waals surface area contributed by atoms with Crippen molar-refractivity contribution in [3.8, 4) is 22.8 Å². The molecule has 0 bridgehead atoms. The zero-order chi connectivity index (χ0) is 22.1. The number of ether oxygens (including phenoxy) is 2. The lowest BCUT2D eigenvalue weighted by Gasteiger charge is -2.09. The maximum absolute atomic E-state index is 12.7. The van der Waals surface area contributed by atoms with Gasteiger partial charge < -0.3 is 14.8 Å². The highest BCUT2D eigenvalue weighted by molar-refractivity contribution is 7.23. The third-order valence-corrected chi connectivity index (χ3v) is 6.39. The highest BCUT2D eigenvalue weighted by Crippen LogP contribution is 2.30. The molecular weight excluding hydrogens is 422 g/mol. The fourth-order valence-electron chi connectivity index (χ4n) is 3.67. The molecule has 0 aliphatic heterocycles. The van der Waals surface area contributed by atoms with Crippen LogP contribution in [0.15, 0.2) is 72.9 Å². The monoisotopic (exact) mass is 443 g/mol. The molecule has 6 nitrogen and oxygen atoms in total. The maximum Gasteiger partial charge on any atom is 0.251 e. The number of thiazole rings is 1. The highest BCUT2D eigenvalue weighted by atomic mass is 32.1. The summed E-state index contributed by atoms with van der Waals surface area (Å²) in [7, 11) is 3.28. The fourth-order valence-corrected chi connectivity index (χ4v) is 4.72. The van der Waals surface area contributed by atoms with Gasteiger partial charge in [-0.2, -0.15) is 0 Å². The molecular formula is C25H21N3O3S. The largest absolute Gasteiger partial charge is 0.497 e. The number of rotatable bonds is 6. The summed E-state index contributed by atoms with van der Waals surface area (Å²) in [5.74, 6) is 1.45. The second-order valence-corrected chi connectivity index (χ2v) is 8.30. The number of methoxy groups -OCH3 is 2. The first-order valence-electron chi connectivity index (χ1n) is 10.1. The number of benzene rings is 3. The van der Waals surface area contributed by atoms with Crippen LogP contribution >= 0.6 is 11.3 Å². The lowest BCUT2D eigenvalue weighted by atomic mass is 10.1. The number of hydrogen-bond acceptors (Lipinski definition) is 5. The molecule has 0 saturated heterocycles. The molecule has 0 spiro atoms. The molecule has 1 amide bonds. The molecule has 160 valence electrons. The van der Waals surface area contributed by atoms with Crippen LogP contribution in [0.3, 0.4) is 0 Å². The molecule has 5 rings (SSSR count). The predicted molar refractivity (Wildman–Crippen MR) is 127 cm³/mol. The lowest BCUT2D eigenvalue weighted by molar-refractivity contribution is 0.0951. The van der Waals surface area contributed by atoms with E-state index in [0.29, 0.717) is 12.1 Å². The summed E-state index contributed by atoms with van der Waals surface area (Å²) in [5.41, 5.74) is 4.51. The fraction of sp³-hybridized carbons (Fsp3) is 0.120. The summed E-state index contributed by atoms with van der Waals surface area (Å²) >= 11 is 1.56. The minimum Gasteiger partial charge on any atom is -0.497 e. The third kappa shape index (κ3) is 3.67. The number of nitrogens with one attached hydrogen (secondary N) is 1. The van der Waals surface area contributed by atoms with E-state index >= 15 is 0 Å². The molecule has 5 aromatic rings. The normalized spacial score (nSPS) is 11.1. The third-order valence-electron chi connectivity index (χ3n) is 5.37. The summed E-state index contributed by atoms with van der Waals surface area (Å²) in [4.78, 5) is 18.4. The van der Waals surface area contributed by atoms with Gasteiger partial charge in [-0.15, -0.1) is 0 Å². The topological polar surface area (TPSA) is 64.9 Å².